The number of rotatable bonds is 3. The number of likely N-dealkylation sites (tertiary alicyclic amines) is 1. The van der Waals surface area contributed by atoms with Crippen molar-refractivity contribution in [3.8, 4) is 0 Å². The van der Waals surface area contributed by atoms with E-state index >= 15 is 0 Å². The third-order valence-corrected chi connectivity index (χ3v) is 4.09. The van der Waals surface area contributed by atoms with Crippen LogP contribution in [0.3, 0.4) is 0 Å². The van der Waals surface area contributed by atoms with Crippen LogP contribution in [0.5, 0.6) is 0 Å². The molecule has 5 heteroatoms. The van der Waals surface area contributed by atoms with Gasteiger partial charge in [0.2, 0.25) is 5.78 Å². The van der Waals surface area contributed by atoms with Gasteiger partial charge in [-0.1, -0.05) is 18.0 Å². The minimum Gasteiger partial charge on any atom is -0.291 e. The van der Waals surface area contributed by atoms with Crippen LogP contribution in [-0.4, -0.2) is 39.1 Å². The second kappa shape index (κ2) is 5.02. The van der Waals surface area contributed by atoms with Gasteiger partial charge in [0.25, 0.3) is 0 Å². The summed E-state index contributed by atoms with van der Waals surface area (Å²) < 4.78 is 1.57. The summed E-state index contributed by atoms with van der Waals surface area (Å²) in [6.45, 7) is 5.91. The van der Waals surface area contributed by atoms with Gasteiger partial charge in [-0.3, -0.25) is 14.4 Å². The van der Waals surface area contributed by atoms with Gasteiger partial charge < -0.3 is 0 Å². The van der Waals surface area contributed by atoms with Crippen LogP contribution in [0.4, 0.5) is 0 Å². The standard InChI is InChI=1S/C13H20ClN3O/c1-13(2,17-7-5-4-6-8-17)12(18)11-10(14)9-15-16(11)3/h9H,4-8H2,1-3H3. The molecule has 1 fully saturated rings. The van der Waals surface area contributed by atoms with Crippen molar-refractivity contribution in [2.24, 2.45) is 7.05 Å². The molecule has 1 aromatic rings. The number of carbonyl (C=O) groups is 1. The fraction of sp³-hybridized carbons (Fsp3) is 0.692. The van der Waals surface area contributed by atoms with Crippen LogP contribution in [0.25, 0.3) is 0 Å². The van der Waals surface area contributed by atoms with Crippen LogP contribution >= 0.6 is 11.6 Å². The maximum atomic E-state index is 12.7. The van der Waals surface area contributed by atoms with Crippen molar-refractivity contribution in [1.82, 2.24) is 14.7 Å². The fourth-order valence-electron chi connectivity index (χ4n) is 2.55. The van der Waals surface area contributed by atoms with Gasteiger partial charge in [-0.25, -0.2) is 0 Å². The normalized spacial score (nSPS) is 18.0. The van der Waals surface area contributed by atoms with Gasteiger partial charge in [0.05, 0.1) is 16.8 Å². The highest BCUT2D eigenvalue weighted by Crippen LogP contribution is 2.27. The van der Waals surface area contributed by atoms with Crippen LogP contribution < -0.4 is 0 Å². The number of aromatic nitrogens is 2. The van der Waals surface area contributed by atoms with Gasteiger partial charge in [-0.2, -0.15) is 5.10 Å². The van der Waals surface area contributed by atoms with Crippen molar-refractivity contribution in [3.05, 3.63) is 16.9 Å². The van der Waals surface area contributed by atoms with E-state index < -0.39 is 5.54 Å². The first-order valence-corrected chi connectivity index (χ1v) is 6.79. The highest BCUT2D eigenvalue weighted by atomic mass is 35.5. The van der Waals surface area contributed by atoms with Crippen molar-refractivity contribution in [2.75, 3.05) is 13.1 Å². The lowest BCUT2D eigenvalue weighted by Gasteiger charge is -2.39. The molecule has 0 aromatic carbocycles. The quantitative estimate of drug-likeness (QED) is 0.792. The molecule has 0 unspecified atom stereocenters. The first kappa shape index (κ1) is 13.6. The summed E-state index contributed by atoms with van der Waals surface area (Å²) in [7, 11) is 1.76. The van der Waals surface area contributed by atoms with Crippen molar-refractivity contribution in [3.63, 3.8) is 0 Å². The van der Waals surface area contributed by atoms with Gasteiger partial charge in [0.1, 0.15) is 5.69 Å². The Morgan fingerprint density at radius 3 is 2.44 bits per heavy atom. The number of aryl methyl sites for hydroxylation is 1. The molecule has 1 aliphatic heterocycles. The third kappa shape index (κ3) is 2.31. The topological polar surface area (TPSA) is 38.1 Å². The largest absolute Gasteiger partial charge is 0.291 e. The van der Waals surface area contributed by atoms with E-state index in [2.05, 4.69) is 10.00 Å². The maximum absolute atomic E-state index is 12.7. The summed E-state index contributed by atoms with van der Waals surface area (Å²) >= 11 is 6.06. The summed E-state index contributed by atoms with van der Waals surface area (Å²) in [5.74, 6) is 0.0504. The Kier molecular flexibility index (Phi) is 3.78. The predicted molar refractivity (Wildman–Crippen MR) is 72.1 cm³/mol. The zero-order valence-corrected chi connectivity index (χ0v) is 12.0. The van der Waals surface area contributed by atoms with Crippen LogP contribution in [0.1, 0.15) is 43.6 Å². The van der Waals surface area contributed by atoms with E-state index in [9.17, 15) is 4.79 Å². The molecule has 0 radical (unpaired) electrons. The second-order valence-corrected chi connectivity index (χ2v) is 5.81. The first-order valence-electron chi connectivity index (χ1n) is 6.42. The molecular weight excluding hydrogens is 250 g/mol. The van der Waals surface area contributed by atoms with E-state index in [4.69, 9.17) is 11.6 Å². The summed E-state index contributed by atoms with van der Waals surface area (Å²) in [4.78, 5) is 14.9. The molecule has 0 amide bonds. The molecule has 4 nitrogen and oxygen atoms in total. The minimum atomic E-state index is -0.516. The highest BCUT2D eigenvalue weighted by Gasteiger charge is 2.38. The molecule has 0 N–H and O–H groups in total. The number of carbonyl (C=O) groups excluding carboxylic acids is 1. The number of halogens is 1. The van der Waals surface area contributed by atoms with Crippen LogP contribution in [0, 0.1) is 0 Å². The molecule has 0 bridgehead atoms. The smallest absolute Gasteiger partial charge is 0.201 e. The number of Topliss-reactive ketones (excluding diaryl/α,β-unsaturated/α-hetero) is 1. The molecular formula is C13H20ClN3O. The number of nitrogens with zero attached hydrogens (tertiary/aromatic N) is 3. The monoisotopic (exact) mass is 269 g/mol. The van der Waals surface area contributed by atoms with Crippen molar-refractivity contribution >= 4 is 17.4 Å². The van der Waals surface area contributed by atoms with E-state index in [0.717, 1.165) is 25.9 Å². The fourth-order valence-corrected chi connectivity index (χ4v) is 2.80. The van der Waals surface area contributed by atoms with Gasteiger partial charge >= 0.3 is 0 Å². The lowest BCUT2D eigenvalue weighted by Crippen LogP contribution is -2.52. The van der Waals surface area contributed by atoms with Crippen molar-refractivity contribution in [1.29, 1.82) is 0 Å². The van der Waals surface area contributed by atoms with E-state index in [0.29, 0.717) is 10.7 Å². The number of hydrogen-bond acceptors (Lipinski definition) is 3. The zero-order valence-electron chi connectivity index (χ0n) is 11.2. The summed E-state index contributed by atoms with van der Waals surface area (Å²) in [6, 6.07) is 0. The molecule has 0 spiro atoms. The highest BCUT2D eigenvalue weighted by molar-refractivity contribution is 6.34. The zero-order chi connectivity index (χ0) is 13.3. The van der Waals surface area contributed by atoms with E-state index in [-0.39, 0.29) is 5.78 Å². The second-order valence-electron chi connectivity index (χ2n) is 5.40. The lowest BCUT2D eigenvalue weighted by atomic mass is 9.92. The van der Waals surface area contributed by atoms with Crippen LogP contribution in [0.2, 0.25) is 5.02 Å². The molecule has 1 aliphatic rings. The Morgan fingerprint density at radius 2 is 1.94 bits per heavy atom. The number of hydrogen-bond donors (Lipinski definition) is 0. The molecule has 1 saturated heterocycles. The van der Waals surface area contributed by atoms with E-state index in [1.807, 2.05) is 13.8 Å². The van der Waals surface area contributed by atoms with Crippen LogP contribution in [0.15, 0.2) is 6.20 Å². The summed E-state index contributed by atoms with van der Waals surface area (Å²) in [5, 5.41) is 4.48. The Labute approximate surface area is 113 Å². The van der Waals surface area contributed by atoms with Crippen molar-refractivity contribution < 1.29 is 4.79 Å². The molecule has 0 atom stereocenters. The maximum Gasteiger partial charge on any atom is 0.201 e. The Balaban J connectivity index is 2.26. The third-order valence-electron chi connectivity index (χ3n) is 3.81. The van der Waals surface area contributed by atoms with Gasteiger partial charge in [-0.05, 0) is 39.8 Å². The van der Waals surface area contributed by atoms with Gasteiger partial charge in [0, 0.05) is 7.05 Å². The van der Waals surface area contributed by atoms with E-state index in [1.165, 1.54) is 12.6 Å². The van der Waals surface area contributed by atoms with Crippen molar-refractivity contribution in [2.45, 2.75) is 38.6 Å². The predicted octanol–water partition coefficient (Wildman–Crippen LogP) is 2.52. The molecule has 100 valence electrons. The lowest BCUT2D eigenvalue weighted by molar-refractivity contribution is 0.0569. The molecule has 18 heavy (non-hydrogen) atoms. The first-order chi connectivity index (χ1) is 8.44. The average Bonchev–Trinajstić information content (AvgIpc) is 2.69. The molecule has 0 saturated carbocycles. The number of piperidine rings is 1. The van der Waals surface area contributed by atoms with Crippen LogP contribution in [-0.2, 0) is 7.05 Å². The summed E-state index contributed by atoms with van der Waals surface area (Å²) in [6.07, 6.45) is 5.11. The summed E-state index contributed by atoms with van der Waals surface area (Å²) in [5.41, 5.74) is -0.00931. The number of ketones is 1. The molecule has 2 heterocycles. The Bertz CT molecular complexity index is 428. The Morgan fingerprint density at radius 1 is 1.33 bits per heavy atom. The minimum absolute atomic E-state index is 0.0504. The molecule has 0 aliphatic carbocycles. The van der Waals surface area contributed by atoms with Gasteiger partial charge in [-0.15, -0.1) is 0 Å². The van der Waals surface area contributed by atoms with E-state index in [1.54, 1.807) is 11.7 Å². The molecule has 2 rings (SSSR count). The average molecular weight is 270 g/mol. The SMILES string of the molecule is Cn1ncc(Cl)c1C(=O)C(C)(C)N1CCCCC1. The Hall–Kier alpha value is -0.870. The molecule has 1 aromatic heterocycles. The van der Waals surface area contributed by atoms with Gasteiger partial charge in [0.15, 0.2) is 0 Å².